The molecule has 18 heavy (non-hydrogen) atoms. The summed E-state index contributed by atoms with van der Waals surface area (Å²) in [4.78, 5) is 13.5. The van der Waals surface area contributed by atoms with Gasteiger partial charge in [-0.3, -0.25) is 4.79 Å². The summed E-state index contributed by atoms with van der Waals surface area (Å²) in [5.74, 6) is 0.156. The molecular weight excluding hydrogens is 292 g/mol. The number of hydrogen-bond donors (Lipinski definition) is 1. The van der Waals surface area contributed by atoms with E-state index in [9.17, 15) is 4.79 Å². The summed E-state index contributed by atoms with van der Waals surface area (Å²) in [6.45, 7) is 3.17. The van der Waals surface area contributed by atoms with Crippen molar-refractivity contribution in [1.29, 1.82) is 0 Å². The number of nitrogens with zero attached hydrogens (tertiary/aromatic N) is 1. The number of carbonyl (C=O) groups is 1. The Bertz CT molecular complexity index is 447. The summed E-state index contributed by atoms with van der Waals surface area (Å²) < 4.78 is 1.13. The standard InChI is InChI=1S/C14H19BrN2O/c1-3-17(2)14(18)9-16-13-7-4-10-8-11(15)5-6-12(10)13/h5-6,8,13,16H,3-4,7,9H2,1-2H3. The van der Waals surface area contributed by atoms with Crippen LogP contribution in [0.2, 0.25) is 0 Å². The number of amides is 1. The Hall–Kier alpha value is -0.870. The molecule has 2 rings (SSSR count). The van der Waals surface area contributed by atoms with Crippen molar-refractivity contribution in [2.75, 3.05) is 20.1 Å². The molecule has 3 nitrogen and oxygen atoms in total. The molecule has 0 aromatic heterocycles. The van der Waals surface area contributed by atoms with E-state index in [0.717, 1.165) is 23.9 Å². The second kappa shape index (κ2) is 5.85. The summed E-state index contributed by atoms with van der Waals surface area (Å²) in [7, 11) is 1.84. The first-order valence-corrected chi connectivity index (χ1v) is 7.16. The minimum absolute atomic E-state index is 0.156. The maximum atomic E-state index is 11.8. The van der Waals surface area contributed by atoms with E-state index in [1.54, 1.807) is 4.90 Å². The van der Waals surface area contributed by atoms with Gasteiger partial charge in [-0.25, -0.2) is 0 Å². The number of benzene rings is 1. The second-order valence-corrected chi connectivity index (χ2v) is 5.64. The zero-order valence-corrected chi connectivity index (χ0v) is 12.5. The largest absolute Gasteiger partial charge is 0.345 e. The Morgan fingerprint density at radius 3 is 3.06 bits per heavy atom. The quantitative estimate of drug-likeness (QED) is 0.926. The van der Waals surface area contributed by atoms with Crippen LogP contribution in [0.3, 0.4) is 0 Å². The van der Waals surface area contributed by atoms with Crippen molar-refractivity contribution in [3.63, 3.8) is 0 Å². The molecule has 0 saturated carbocycles. The highest BCUT2D eigenvalue weighted by Crippen LogP contribution is 2.32. The Morgan fingerprint density at radius 1 is 1.56 bits per heavy atom. The van der Waals surface area contributed by atoms with Gasteiger partial charge in [0.1, 0.15) is 0 Å². The van der Waals surface area contributed by atoms with Crippen LogP contribution in [0.1, 0.15) is 30.5 Å². The molecule has 0 fully saturated rings. The summed E-state index contributed by atoms with van der Waals surface area (Å²) in [6, 6.07) is 6.72. The average molecular weight is 311 g/mol. The third kappa shape index (κ3) is 2.93. The van der Waals surface area contributed by atoms with Crippen LogP contribution < -0.4 is 5.32 Å². The van der Waals surface area contributed by atoms with E-state index in [2.05, 4.69) is 39.4 Å². The molecule has 1 aliphatic rings. The summed E-state index contributed by atoms with van der Waals surface area (Å²) in [5.41, 5.74) is 2.73. The number of nitrogens with one attached hydrogen (secondary N) is 1. The van der Waals surface area contributed by atoms with Crippen LogP contribution in [0.25, 0.3) is 0 Å². The Morgan fingerprint density at radius 2 is 2.33 bits per heavy atom. The lowest BCUT2D eigenvalue weighted by atomic mass is 10.1. The molecular formula is C14H19BrN2O. The predicted molar refractivity (Wildman–Crippen MR) is 76.5 cm³/mol. The number of likely N-dealkylation sites (N-methyl/N-ethyl adjacent to an activating group) is 1. The van der Waals surface area contributed by atoms with Crippen molar-refractivity contribution in [3.8, 4) is 0 Å². The van der Waals surface area contributed by atoms with Gasteiger partial charge in [0.2, 0.25) is 5.91 Å². The van der Waals surface area contributed by atoms with Crippen molar-refractivity contribution in [3.05, 3.63) is 33.8 Å². The molecule has 1 aromatic rings. The summed E-state index contributed by atoms with van der Waals surface area (Å²) in [5, 5.41) is 3.37. The lowest BCUT2D eigenvalue weighted by Gasteiger charge is -2.18. The average Bonchev–Trinajstić information content (AvgIpc) is 2.77. The first kappa shape index (κ1) is 13.6. The van der Waals surface area contributed by atoms with Crippen molar-refractivity contribution in [2.24, 2.45) is 0 Å². The zero-order chi connectivity index (χ0) is 13.1. The van der Waals surface area contributed by atoms with Crippen LogP contribution in [0.4, 0.5) is 0 Å². The van der Waals surface area contributed by atoms with Gasteiger partial charge in [0.25, 0.3) is 0 Å². The van der Waals surface area contributed by atoms with E-state index >= 15 is 0 Å². The Kier molecular flexibility index (Phi) is 4.40. The number of hydrogen-bond acceptors (Lipinski definition) is 2. The van der Waals surface area contributed by atoms with E-state index in [1.165, 1.54) is 11.1 Å². The van der Waals surface area contributed by atoms with Gasteiger partial charge in [-0.15, -0.1) is 0 Å². The molecule has 1 unspecified atom stereocenters. The van der Waals surface area contributed by atoms with Gasteiger partial charge in [0, 0.05) is 24.1 Å². The topological polar surface area (TPSA) is 32.3 Å². The molecule has 1 aliphatic carbocycles. The number of carbonyl (C=O) groups excluding carboxylic acids is 1. The van der Waals surface area contributed by atoms with Crippen molar-refractivity contribution in [2.45, 2.75) is 25.8 Å². The Labute approximate surface area is 117 Å². The van der Waals surface area contributed by atoms with Crippen LogP contribution in [-0.2, 0) is 11.2 Å². The SMILES string of the molecule is CCN(C)C(=O)CNC1CCc2cc(Br)ccc21. The zero-order valence-electron chi connectivity index (χ0n) is 10.9. The van der Waals surface area contributed by atoms with Crippen molar-refractivity contribution in [1.82, 2.24) is 10.2 Å². The van der Waals surface area contributed by atoms with Gasteiger partial charge in [-0.05, 0) is 43.0 Å². The van der Waals surface area contributed by atoms with E-state index in [1.807, 2.05) is 14.0 Å². The fourth-order valence-electron chi connectivity index (χ4n) is 2.32. The molecule has 1 atom stereocenters. The van der Waals surface area contributed by atoms with Crippen molar-refractivity contribution < 1.29 is 4.79 Å². The normalized spacial score (nSPS) is 17.6. The van der Waals surface area contributed by atoms with Crippen molar-refractivity contribution >= 4 is 21.8 Å². The van der Waals surface area contributed by atoms with E-state index in [-0.39, 0.29) is 5.91 Å². The highest BCUT2D eigenvalue weighted by molar-refractivity contribution is 9.10. The maximum absolute atomic E-state index is 11.8. The van der Waals surface area contributed by atoms with Gasteiger partial charge >= 0.3 is 0 Å². The molecule has 98 valence electrons. The number of fused-ring (bicyclic) bond motifs is 1. The van der Waals surface area contributed by atoms with Crippen LogP contribution in [-0.4, -0.2) is 30.9 Å². The molecule has 1 aromatic carbocycles. The Balaban J connectivity index is 1.96. The van der Waals surface area contributed by atoms with Crippen LogP contribution in [0.5, 0.6) is 0 Å². The number of rotatable bonds is 4. The molecule has 0 radical (unpaired) electrons. The van der Waals surface area contributed by atoms with Crippen LogP contribution in [0.15, 0.2) is 22.7 Å². The number of aryl methyl sites for hydroxylation is 1. The lowest BCUT2D eigenvalue weighted by Crippen LogP contribution is -2.36. The molecule has 0 heterocycles. The lowest BCUT2D eigenvalue weighted by molar-refractivity contribution is -0.128. The smallest absolute Gasteiger partial charge is 0.236 e. The monoisotopic (exact) mass is 310 g/mol. The first-order chi connectivity index (χ1) is 8.61. The third-order valence-corrected chi connectivity index (χ3v) is 4.08. The molecule has 0 saturated heterocycles. The highest BCUT2D eigenvalue weighted by atomic mass is 79.9. The molecule has 0 aliphatic heterocycles. The third-order valence-electron chi connectivity index (χ3n) is 3.58. The minimum Gasteiger partial charge on any atom is -0.345 e. The van der Waals surface area contributed by atoms with Gasteiger partial charge in [-0.1, -0.05) is 22.0 Å². The summed E-state index contributed by atoms with van der Waals surface area (Å²) in [6.07, 6.45) is 2.17. The molecule has 0 bridgehead atoms. The molecule has 1 N–H and O–H groups in total. The maximum Gasteiger partial charge on any atom is 0.236 e. The second-order valence-electron chi connectivity index (χ2n) is 4.72. The van der Waals surface area contributed by atoms with E-state index < -0.39 is 0 Å². The summed E-state index contributed by atoms with van der Waals surface area (Å²) >= 11 is 3.49. The van der Waals surface area contributed by atoms with Gasteiger partial charge in [-0.2, -0.15) is 0 Å². The van der Waals surface area contributed by atoms with Crippen LogP contribution >= 0.6 is 15.9 Å². The predicted octanol–water partition coefficient (Wildman–Crippen LogP) is 2.50. The molecule has 0 spiro atoms. The highest BCUT2D eigenvalue weighted by Gasteiger charge is 2.22. The van der Waals surface area contributed by atoms with Gasteiger partial charge < -0.3 is 10.2 Å². The van der Waals surface area contributed by atoms with E-state index in [0.29, 0.717) is 12.6 Å². The van der Waals surface area contributed by atoms with Gasteiger partial charge in [0.15, 0.2) is 0 Å². The van der Waals surface area contributed by atoms with Crippen LogP contribution in [0, 0.1) is 0 Å². The fraction of sp³-hybridized carbons (Fsp3) is 0.500. The number of halogens is 1. The van der Waals surface area contributed by atoms with E-state index in [4.69, 9.17) is 0 Å². The molecule has 1 amide bonds. The molecule has 4 heteroatoms. The minimum atomic E-state index is 0.156. The van der Waals surface area contributed by atoms with Gasteiger partial charge in [0.05, 0.1) is 6.54 Å². The fourth-order valence-corrected chi connectivity index (χ4v) is 2.73. The first-order valence-electron chi connectivity index (χ1n) is 6.37.